The summed E-state index contributed by atoms with van der Waals surface area (Å²) in [6.45, 7) is 1.41. The summed E-state index contributed by atoms with van der Waals surface area (Å²) in [7, 11) is 5.11. The average molecular weight is 368 g/mol. The quantitative estimate of drug-likeness (QED) is 0.439. The zero-order chi connectivity index (χ0) is 20.0. The minimum absolute atomic E-state index is 0.135. The van der Waals surface area contributed by atoms with E-state index in [1.165, 1.54) is 19.3 Å². The van der Waals surface area contributed by atoms with Crippen LogP contribution in [0.15, 0.2) is 40.3 Å². The van der Waals surface area contributed by atoms with E-state index in [4.69, 9.17) is 9.15 Å². The molecule has 7 heteroatoms. The number of furan rings is 1. The van der Waals surface area contributed by atoms with E-state index < -0.39 is 11.9 Å². The molecule has 0 unspecified atom stereocenters. The van der Waals surface area contributed by atoms with Crippen LogP contribution in [-0.2, 0) is 20.9 Å². The molecule has 0 amide bonds. The number of hydrogen-bond donors (Lipinski definition) is 0. The molecule has 0 aliphatic heterocycles. The number of ether oxygens (including phenoxy) is 2. The molecule has 140 valence electrons. The summed E-state index contributed by atoms with van der Waals surface area (Å²) in [6, 6.07) is 10.7. The monoisotopic (exact) mass is 368 g/mol. The van der Waals surface area contributed by atoms with Crippen LogP contribution in [0.4, 0.5) is 5.69 Å². The molecule has 0 saturated carbocycles. The van der Waals surface area contributed by atoms with Gasteiger partial charge in [-0.25, -0.2) is 9.59 Å². The summed E-state index contributed by atoms with van der Waals surface area (Å²) >= 11 is 0. The molecule has 0 N–H and O–H groups in total. The lowest BCUT2D eigenvalue weighted by Gasteiger charge is -2.11. The number of benzene rings is 1. The van der Waals surface area contributed by atoms with Crippen molar-refractivity contribution in [2.45, 2.75) is 13.5 Å². The lowest BCUT2D eigenvalue weighted by Crippen LogP contribution is -2.08. The van der Waals surface area contributed by atoms with E-state index >= 15 is 0 Å². The van der Waals surface area contributed by atoms with Crippen molar-refractivity contribution in [2.75, 3.05) is 26.1 Å². The second-order valence-electron chi connectivity index (χ2n) is 5.91. The van der Waals surface area contributed by atoms with Crippen molar-refractivity contribution >= 4 is 23.7 Å². The third-order valence-electron chi connectivity index (χ3n) is 3.78. The number of nitrogens with zero attached hydrogens (tertiary/aromatic N) is 2. The van der Waals surface area contributed by atoms with Gasteiger partial charge in [0.1, 0.15) is 35.3 Å². The van der Waals surface area contributed by atoms with E-state index in [1.54, 1.807) is 19.1 Å². The first-order valence-electron chi connectivity index (χ1n) is 8.09. The fourth-order valence-electron chi connectivity index (χ4n) is 2.31. The molecule has 27 heavy (non-hydrogen) atoms. The Labute approximate surface area is 157 Å². The van der Waals surface area contributed by atoms with E-state index in [2.05, 4.69) is 4.74 Å². The van der Waals surface area contributed by atoms with Gasteiger partial charge in [0.05, 0.1) is 7.11 Å². The molecule has 1 aromatic heterocycles. The molecule has 2 rings (SSSR count). The SMILES string of the molecule is COC(=O)c1cc(COC(=O)/C(C#N)=C/c2ccc(N(C)C)cc2)oc1C. The first kappa shape index (κ1) is 19.8. The molecule has 1 aromatic carbocycles. The van der Waals surface area contributed by atoms with E-state index in [0.29, 0.717) is 11.3 Å². The molecule has 7 nitrogen and oxygen atoms in total. The number of carbonyl (C=O) groups is 2. The van der Waals surface area contributed by atoms with Gasteiger partial charge in [-0.2, -0.15) is 5.26 Å². The van der Waals surface area contributed by atoms with Crippen LogP contribution in [0.5, 0.6) is 0 Å². The van der Waals surface area contributed by atoms with Crippen LogP contribution in [0.25, 0.3) is 6.08 Å². The molecule has 0 bridgehead atoms. The largest absolute Gasteiger partial charge is 0.465 e. The molecule has 0 radical (unpaired) electrons. The standard InChI is InChI=1S/C20H20N2O5/c1-13-18(20(24)25-4)10-17(27-13)12-26-19(23)15(11-21)9-14-5-7-16(8-6-14)22(2)3/h5-10H,12H2,1-4H3/b15-9+. The lowest BCUT2D eigenvalue weighted by atomic mass is 10.1. The first-order chi connectivity index (χ1) is 12.8. The summed E-state index contributed by atoms with van der Waals surface area (Å²) in [5, 5.41) is 9.24. The van der Waals surface area contributed by atoms with E-state index in [0.717, 1.165) is 5.69 Å². The van der Waals surface area contributed by atoms with Gasteiger partial charge >= 0.3 is 11.9 Å². The predicted octanol–water partition coefficient (Wildman–Crippen LogP) is 3.09. The van der Waals surface area contributed by atoms with E-state index in [9.17, 15) is 14.9 Å². The van der Waals surface area contributed by atoms with Gasteiger partial charge in [-0.05, 0) is 36.8 Å². The summed E-state index contributed by atoms with van der Waals surface area (Å²) in [6.07, 6.45) is 1.45. The Morgan fingerprint density at radius 3 is 2.48 bits per heavy atom. The van der Waals surface area contributed by atoms with Gasteiger partial charge in [-0.1, -0.05) is 12.1 Å². The van der Waals surface area contributed by atoms with Gasteiger partial charge in [-0.3, -0.25) is 0 Å². The highest BCUT2D eigenvalue weighted by Crippen LogP contribution is 2.18. The summed E-state index contributed by atoms with van der Waals surface area (Å²) in [5.41, 5.74) is 1.84. The maximum atomic E-state index is 12.2. The van der Waals surface area contributed by atoms with E-state index in [1.807, 2.05) is 37.2 Å². The molecule has 0 fully saturated rings. The highest BCUT2D eigenvalue weighted by molar-refractivity contribution is 5.98. The predicted molar refractivity (Wildman–Crippen MR) is 98.9 cm³/mol. The topological polar surface area (TPSA) is 92.8 Å². The Morgan fingerprint density at radius 1 is 1.26 bits per heavy atom. The second kappa shape index (κ2) is 8.72. The summed E-state index contributed by atoms with van der Waals surface area (Å²) in [5.74, 6) is -0.658. The third kappa shape index (κ3) is 4.98. The van der Waals surface area contributed by atoms with Crippen LogP contribution in [0, 0.1) is 18.3 Å². The molecule has 1 heterocycles. The molecule has 0 aliphatic rings. The number of rotatable bonds is 6. The fourth-order valence-corrected chi connectivity index (χ4v) is 2.31. The summed E-state index contributed by atoms with van der Waals surface area (Å²) < 4.78 is 15.1. The number of nitriles is 1. The maximum absolute atomic E-state index is 12.2. The highest BCUT2D eigenvalue weighted by atomic mass is 16.5. The number of anilines is 1. The highest BCUT2D eigenvalue weighted by Gasteiger charge is 2.17. The van der Waals surface area contributed by atoms with Crippen molar-refractivity contribution in [3.63, 3.8) is 0 Å². The van der Waals surface area contributed by atoms with Gasteiger partial charge in [0, 0.05) is 19.8 Å². The fraction of sp³-hybridized carbons (Fsp3) is 0.250. The van der Waals surface area contributed by atoms with Crippen LogP contribution in [0.3, 0.4) is 0 Å². The van der Waals surface area contributed by atoms with Crippen molar-refractivity contribution in [1.82, 2.24) is 0 Å². The number of esters is 2. The normalized spacial score (nSPS) is 10.9. The van der Waals surface area contributed by atoms with Gasteiger partial charge in [0.25, 0.3) is 0 Å². The van der Waals surface area contributed by atoms with Crippen molar-refractivity contribution in [1.29, 1.82) is 5.26 Å². The Morgan fingerprint density at radius 2 is 1.93 bits per heavy atom. The molecule has 2 aromatic rings. The number of aryl methyl sites for hydroxylation is 1. The van der Waals surface area contributed by atoms with Gasteiger partial charge in [-0.15, -0.1) is 0 Å². The van der Waals surface area contributed by atoms with Crippen LogP contribution >= 0.6 is 0 Å². The van der Waals surface area contributed by atoms with Crippen molar-refractivity contribution < 1.29 is 23.5 Å². The minimum atomic E-state index is -0.775. The molecule has 0 aliphatic carbocycles. The Hall–Kier alpha value is -3.53. The molecular weight excluding hydrogens is 348 g/mol. The average Bonchev–Trinajstić information content (AvgIpc) is 3.04. The van der Waals surface area contributed by atoms with Crippen molar-refractivity contribution in [3.8, 4) is 6.07 Å². The number of hydrogen-bond acceptors (Lipinski definition) is 7. The summed E-state index contributed by atoms with van der Waals surface area (Å²) in [4.78, 5) is 25.7. The smallest absolute Gasteiger partial charge is 0.349 e. The minimum Gasteiger partial charge on any atom is -0.465 e. The molecule has 0 spiro atoms. The first-order valence-corrected chi connectivity index (χ1v) is 8.09. The third-order valence-corrected chi connectivity index (χ3v) is 3.78. The zero-order valence-electron chi connectivity index (χ0n) is 15.6. The lowest BCUT2D eigenvalue weighted by molar-refractivity contribution is -0.140. The van der Waals surface area contributed by atoms with Gasteiger partial charge < -0.3 is 18.8 Å². The van der Waals surface area contributed by atoms with Crippen LogP contribution in [0.2, 0.25) is 0 Å². The van der Waals surface area contributed by atoms with Crippen LogP contribution in [-0.4, -0.2) is 33.1 Å². The molecular formula is C20H20N2O5. The zero-order valence-corrected chi connectivity index (χ0v) is 15.6. The Kier molecular flexibility index (Phi) is 6.39. The van der Waals surface area contributed by atoms with Gasteiger partial charge in [0.15, 0.2) is 0 Å². The molecule has 0 atom stereocenters. The van der Waals surface area contributed by atoms with Crippen molar-refractivity contribution in [2.24, 2.45) is 0 Å². The Balaban J connectivity index is 2.07. The van der Waals surface area contributed by atoms with Crippen molar-refractivity contribution in [3.05, 3.63) is 58.6 Å². The second-order valence-corrected chi connectivity index (χ2v) is 5.91. The van der Waals surface area contributed by atoms with E-state index in [-0.39, 0.29) is 23.5 Å². The Bertz CT molecular complexity index is 901. The molecule has 0 saturated heterocycles. The van der Waals surface area contributed by atoms with Crippen LogP contribution in [0.1, 0.15) is 27.4 Å². The number of methoxy groups -OCH3 is 1. The van der Waals surface area contributed by atoms with Crippen LogP contribution < -0.4 is 4.90 Å². The van der Waals surface area contributed by atoms with Gasteiger partial charge in [0.2, 0.25) is 0 Å². The maximum Gasteiger partial charge on any atom is 0.349 e. The number of carbonyl (C=O) groups excluding carboxylic acids is 2.